The quantitative estimate of drug-likeness (QED) is 0.696. The fourth-order valence-corrected chi connectivity index (χ4v) is 1.84. The third-order valence-electron chi connectivity index (χ3n) is 1.95. The van der Waals surface area contributed by atoms with Crippen molar-refractivity contribution in [3.05, 3.63) is 18.2 Å². The lowest BCUT2D eigenvalue weighted by atomic mass is 10.2. The molecule has 0 bridgehead atoms. The van der Waals surface area contributed by atoms with Gasteiger partial charge in [0.15, 0.2) is 0 Å². The second-order valence-corrected chi connectivity index (χ2v) is 4.54. The van der Waals surface area contributed by atoms with E-state index in [4.69, 9.17) is 9.88 Å². The standard InChI is InChI=1S/C8H10N2O3S/c9-14(11,12)6-1-2-8-7(5-6)10-3-4-13-8/h1-2,5,10H,3-4H2,(H2,9,11,12). The van der Waals surface area contributed by atoms with Crippen LogP contribution in [0.25, 0.3) is 0 Å². The summed E-state index contributed by atoms with van der Waals surface area (Å²) in [5.41, 5.74) is 0.669. The van der Waals surface area contributed by atoms with Crippen molar-refractivity contribution in [2.24, 2.45) is 5.14 Å². The van der Waals surface area contributed by atoms with Crippen LogP contribution in [0.1, 0.15) is 0 Å². The third kappa shape index (κ3) is 1.66. The van der Waals surface area contributed by atoms with Crippen molar-refractivity contribution in [2.45, 2.75) is 4.90 Å². The highest BCUT2D eigenvalue weighted by molar-refractivity contribution is 7.89. The highest BCUT2D eigenvalue weighted by Crippen LogP contribution is 2.29. The van der Waals surface area contributed by atoms with Crippen molar-refractivity contribution in [2.75, 3.05) is 18.5 Å². The normalized spacial score (nSPS) is 15.2. The fraction of sp³-hybridized carbons (Fsp3) is 0.250. The van der Waals surface area contributed by atoms with Gasteiger partial charge in [-0.25, -0.2) is 13.6 Å². The zero-order valence-corrected chi connectivity index (χ0v) is 8.17. The summed E-state index contributed by atoms with van der Waals surface area (Å²) in [6.07, 6.45) is 0. The van der Waals surface area contributed by atoms with Crippen molar-refractivity contribution < 1.29 is 13.2 Å². The number of sulfonamides is 1. The van der Waals surface area contributed by atoms with Gasteiger partial charge in [-0.05, 0) is 18.2 Å². The van der Waals surface area contributed by atoms with E-state index >= 15 is 0 Å². The minimum atomic E-state index is -3.63. The van der Waals surface area contributed by atoms with Crippen LogP contribution in [0.15, 0.2) is 23.1 Å². The van der Waals surface area contributed by atoms with Gasteiger partial charge in [0.25, 0.3) is 0 Å². The monoisotopic (exact) mass is 214 g/mol. The first-order chi connectivity index (χ1) is 6.57. The van der Waals surface area contributed by atoms with Crippen LogP contribution in [0.4, 0.5) is 5.69 Å². The Morgan fingerprint density at radius 3 is 2.93 bits per heavy atom. The third-order valence-corrected chi connectivity index (χ3v) is 2.87. The Bertz CT molecular complexity index is 456. The number of benzene rings is 1. The van der Waals surface area contributed by atoms with Gasteiger partial charge < -0.3 is 10.1 Å². The van der Waals surface area contributed by atoms with Crippen LogP contribution in [-0.2, 0) is 10.0 Å². The lowest BCUT2D eigenvalue weighted by molar-refractivity contribution is 0.323. The Balaban J connectivity index is 2.49. The number of nitrogens with one attached hydrogen (secondary N) is 1. The van der Waals surface area contributed by atoms with Gasteiger partial charge in [0, 0.05) is 6.54 Å². The van der Waals surface area contributed by atoms with E-state index in [0.29, 0.717) is 24.6 Å². The highest BCUT2D eigenvalue weighted by atomic mass is 32.2. The van der Waals surface area contributed by atoms with E-state index in [-0.39, 0.29) is 4.90 Å². The Hall–Kier alpha value is -1.27. The Morgan fingerprint density at radius 2 is 2.21 bits per heavy atom. The van der Waals surface area contributed by atoms with Crippen molar-refractivity contribution >= 4 is 15.7 Å². The molecule has 0 saturated heterocycles. The number of anilines is 1. The van der Waals surface area contributed by atoms with Crippen LogP contribution < -0.4 is 15.2 Å². The molecule has 0 fully saturated rings. The summed E-state index contributed by atoms with van der Waals surface area (Å²) >= 11 is 0. The molecule has 1 aliphatic rings. The van der Waals surface area contributed by atoms with Crippen LogP contribution in [0.5, 0.6) is 5.75 Å². The molecule has 1 aliphatic heterocycles. The second-order valence-electron chi connectivity index (χ2n) is 2.98. The molecule has 0 spiro atoms. The molecule has 2 rings (SSSR count). The molecule has 0 aromatic heterocycles. The molecule has 1 heterocycles. The minimum absolute atomic E-state index is 0.0919. The average molecular weight is 214 g/mol. The molecular formula is C8H10N2O3S. The number of ether oxygens (including phenoxy) is 1. The molecule has 3 N–H and O–H groups in total. The molecule has 1 aromatic carbocycles. The first-order valence-electron chi connectivity index (χ1n) is 4.11. The number of nitrogens with two attached hydrogens (primary N) is 1. The summed E-state index contributed by atoms with van der Waals surface area (Å²) in [6, 6.07) is 4.51. The smallest absolute Gasteiger partial charge is 0.238 e. The maximum absolute atomic E-state index is 11.0. The molecule has 6 heteroatoms. The Kier molecular flexibility index (Phi) is 2.09. The molecule has 0 amide bonds. The Labute approximate surface area is 81.9 Å². The van der Waals surface area contributed by atoms with E-state index in [0.717, 1.165) is 0 Å². The zero-order valence-electron chi connectivity index (χ0n) is 7.36. The van der Waals surface area contributed by atoms with E-state index in [1.807, 2.05) is 0 Å². The van der Waals surface area contributed by atoms with Gasteiger partial charge in [-0.2, -0.15) is 0 Å². The molecule has 0 radical (unpaired) electrons. The van der Waals surface area contributed by atoms with Crippen LogP contribution in [0.3, 0.4) is 0 Å². The van der Waals surface area contributed by atoms with Crippen molar-refractivity contribution in [3.63, 3.8) is 0 Å². The topological polar surface area (TPSA) is 81.4 Å². The predicted molar refractivity (Wildman–Crippen MR) is 51.8 cm³/mol. The number of hydrogen-bond acceptors (Lipinski definition) is 4. The van der Waals surface area contributed by atoms with E-state index in [1.165, 1.54) is 12.1 Å². The molecule has 0 unspecified atom stereocenters. The van der Waals surface area contributed by atoms with E-state index in [1.54, 1.807) is 6.07 Å². The summed E-state index contributed by atoms with van der Waals surface area (Å²) in [7, 11) is -3.63. The lowest BCUT2D eigenvalue weighted by Crippen LogP contribution is -2.19. The van der Waals surface area contributed by atoms with Crippen LogP contribution >= 0.6 is 0 Å². The predicted octanol–water partition coefficient (Wildman–Crippen LogP) is 0.138. The first kappa shape index (κ1) is 9.29. The van der Waals surface area contributed by atoms with Crippen LogP contribution in [-0.4, -0.2) is 21.6 Å². The fourth-order valence-electron chi connectivity index (χ4n) is 1.30. The van der Waals surface area contributed by atoms with E-state index in [9.17, 15) is 8.42 Å². The number of fused-ring (bicyclic) bond motifs is 1. The molecule has 0 saturated carbocycles. The molecule has 0 aliphatic carbocycles. The SMILES string of the molecule is NS(=O)(=O)c1ccc2c(c1)NCCO2. The van der Waals surface area contributed by atoms with Gasteiger partial charge in [0.2, 0.25) is 10.0 Å². The summed E-state index contributed by atoms with van der Waals surface area (Å²) in [6.45, 7) is 1.25. The zero-order chi connectivity index (χ0) is 10.2. The molecule has 14 heavy (non-hydrogen) atoms. The molecular weight excluding hydrogens is 204 g/mol. The number of hydrogen-bond donors (Lipinski definition) is 2. The van der Waals surface area contributed by atoms with Gasteiger partial charge in [0.05, 0.1) is 10.6 Å². The largest absolute Gasteiger partial charge is 0.490 e. The molecule has 76 valence electrons. The number of primary sulfonamides is 1. The first-order valence-corrected chi connectivity index (χ1v) is 5.65. The van der Waals surface area contributed by atoms with E-state index in [2.05, 4.69) is 5.32 Å². The Morgan fingerprint density at radius 1 is 1.43 bits per heavy atom. The summed E-state index contributed by atoms with van der Waals surface area (Å²) in [5.74, 6) is 0.656. The summed E-state index contributed by atoms with van der Waals surface area (Å²) < 4.78 is 27.3. The molecule has 0 atom stereocenters. The molecule has 5 nitrogen and oxygen atoms in total. The van der Waals surface area contributed by atoms with Gasteiger partial charge >= 0.3 is 0 Å². The average Bonchev–Trinajstić information content (AvgIpc) is 2.16. The summed E-state index contributed by atoms with van der Waals surface area (Å²) in [4.78, 5) is 0.0919. The summed E-state index contributed by atoms with van der Waals surface area (Å²) in [5, 5.41) is 8.02. The minimum Gasteiger partial charge on any atom is -0.490 e. The van der Waals surface area contributed by atoms with Gasteiger partial charge in [-0.15, -0.1) is 0 Å². The lowest BCUT2D eigenvalue weighted by Gasteiger charge is -2.19. The number of rotatable bonds is 1. The van der Waals surface area contributed by atoms with Gasteiger partial charge in [-0.1, -0.05) is 0 Å². The van der Waals surface area contributed by atoms with Crippen molar-refractivity contribution in [3.8, 4) is 5.75 Å². The van der Waals surface area contributed by atoms with E-state index < -0.39 is 10.0 Å². The molecule has 1 aromatic rings. The van der Waals surface area contributed by atoms with Gasteiger partial charge in [-0.3, -0.25) is 0 Å². The maximum atomic E-state index is 11.0. The van der Waals surface area contributed by atoms with Gasteiger partial charge in [0.1, 0.15) is 12.4 Å². The van der Waals surface area contributed by atoms with Crippen LogP contribution in [0, 0.1) is 0 Å². The highest BCUT2D eigenvalue weighted by Gasteiger charge is 2.14. The second kappa shape index (κ2) is 3.14. The van der Waals surface area contributed by atoms with Crippen molar-refractivity contribution in [1.82, 2.24) is 0 Å². The van der Waals surface area contributed by atoms with Crippen LogP contribution in [0.2, 0.25) is 0 Å². The maximum Gasteiger partial charge on any atom is 0.238 e. The van der Waals surface area contributed by atoms with Crippen molar-refractivity contribution in [1.29, 1.82) is 0 Å².